The fourth-order valence-corrected chi connectivity index (χ4v) is 3.83. The number of nitrogens with zero attached hydrogens (tertiary/aromatic N) is 4. The van der Waals surface area contributed by atoms with Crippen LogP contribution in [0, 0.1) is 11.3 Å². The molecule has 1 atom stereocenters. The van der Waals surface area contributed by atoms with Crippen LogP contribution in [0.5, 0.6) is 0 Å². The van der Waals surface area contributed by atoms with Crippen LogP contribution in [0.1, 0.15) is 29.0 Å². The van der Waals surface area contributed by atoms with E-state index in [1.165, 1.54) is 11.1 Å². The number of hydrogen-bond donors (Lipinski definition) is 0. The lowest BCUT2D eigenvalue weighted by Gasteiger charge is -2.36. The largest absolute Gasteiger partial charge is 0.353 e. The summed E-state index contributed by atoms with van der Waals surface area (Å²) in [7, 11) is 0. The Morgan fingerprint density at radius 2 is 1.92 bits per heavy atom. The highest BCUT2D eigenvalue weighted by molar-refractivity contribution is 5.85. The Morgan fingerprint density at radius 1 is 1.12 bits per heavy atom. The molecule has 1 aliphatic heterocycles. The van der Waals surface area contributed by atoms with E-state index in [4.69, 9.17) is 5.26 Å². The van der Waals surface area contributed by atoms with Crippen molar-refractivity contribution in [1.29, 1.82) is 5.26 Å². The number of fused-ring (bicyclic) bond motifs is 1. The number of carbonyl (C=O) groups is 1. The summed E-state index contributed by atoms with van der Waals surface area (Å²) in [4.78, 5) is 21.5. The first kappa shape index (κ1) is 15.6. The molecule has 4 rings (SSSR count). The molecule has 2 aliphatic rings. The van der Waals surface area contributed by atoms with Crippen LogP contribution in [0.2, 0.25) is 0 Å². The summed E-state index contributed by atoms with van der Waals surface area (Å²) in [6.45, 7) is 3.00. The molecule has 0 spiro atoms. The van der Waals surface area contributed by atoms with Gasteiger partial charge in [0.05, 0.1) is 11.5 Å². The van der Waals surface area contributed by atoms with Crippen LogP contribution in [0.4, 0.5) is 5.82 Å². The third kappa shape index (κ3) is 2.96. The van der Waals surface area contributed by atoms with Crippen LogP contribution in [0.3, 0.4) is 0 Å². The summed E-state index contributed by atoms with van der Waals surface area (Å²) < 4.78 is 0. The Hall–Kier alpha value is -2.87. The minimum atomic E-state index is 0.0239. The predicted molar refractivity (Wildman–Crippen MR) is 95.2 cm³/mol. The maximum Gasteiger partial charge on any atom is 0.230 e. The third-order valence-corrected chi connectivity index (χ3v) is 5.22. The van der Waals surface area contributed by atoms with Gasteiger partial charge in [0, 0.05) is 32.4 Å². The van der Waals surface area contributed by atoms with Crippen LogP contribution >= 0.6 is 0 Å². The Bertz CT molecular complexity index is 816. The highest BCUT2D eigenvalue weighted by atomic mass is 16.2. The van der Waals surface area contributed by atoms with Gasteiger partial charge in [-0.2, -0.15) is 5.26 Å². The Balaban J connectivity index is 1.40. The van der Waals surface area contributed by atoms with Gasteiger partial charge in [-0.1, -0.05) is 24.3 Å². The van der Waals surface area contributed by atoms with Gasteiger partial charge >= 0.3 is 0 Å². The number of anilines is 1. The number of amides is 1. The van der Waals surface area contributed by atoms with Crippen molar-refractivity contribution in [3.63, 3.8) is 0 Å². The molecule has 25 heavy (non-hydrogen) atoms. The summed E-state index contributed by atoms with van der Waals surface area (Å²) in [6, 6.07) is 14.1. The van der Waals surface area contributed by atoms with Gasteiger partial charge < -0.3 is 9.80 Å². The van der Waals surface area contributed by atoms with Crippen LogP contribution < -0.4 is 4.90 Å². The number of hydrogen-bond acceptors (Lipinski definition) is 4. The molecule has 2 heterocycles. The van der Waals surface area contributed by atoms with Crippen molar-refractivity contribution in [3.05, 3.63) is 59.3 Å². The van der Waals surface area contributed by atoms with Crippen molar-refractivity contribution in [2.24, 2.45) is 0 Å². The molecule has 1 aromatic heterocycles. The normalized spacial score (nSPS) is 19.4. The zero-order chi connectivity index (χ0) is 17.2. The fourth-order valence-electron chi connectivity index (χ4n) is 3.83. The second kappa shape index (κ2) is 6.56. The molecule has 0 radical (unpaired) electrons. The van der Waals surface area contributed by atoms with Crippen LogP contribution in [-0.2, 0) is 11.2 Å². The number of aromatic nitrogens is 1. The van der Waals surface area contributed by atoms with E-state index in [0.717, 1.165) is 44.8 Å². The maximum absolute atomic E-state index is 12.9. The van der Waals surface area contributed by atoms with E-state index in [9.17, 15) is 4.79 Å². The van der Waals surface area contributed by atoms with Crippen molar-refractivity contribution >= 4 is 11.7 Å². The lowest BCUT2D eigenvalue weighted by molar-refractivity contribution is -0.133. The Morgan fingerprint density at radius 3 is 2.64 bits per heavy atom. The van der Waals surface area contributed by atoms with E-state index in [1.807, 2.05) is 17.0 Å². The first-order valence-corrected chi connectivity index (χ1v) is 8.74. The van der Waals surface area contributed by atoms with E-state index in [1.54, 1.807) is 12.3 Å². The minimum Gasteiger partial charge on any atom is -0.353 e. The number of piperazine rings is 1. The Labute approximate surface area is 147 Å². The molecule has 0 unspecified atom stereocenters. The molecule has 1 aromatic carbocycles. The summed E-state index contributed by atoms with van der Waals surface area (Å²) in [5, 5.41) is 8.86. The molecular weight excluding hydrogens is 312 g/mol. The first-order chi connectivity index (χ1) is 12.3. The molecule has 5 nitrogen and oxygen atoms in total. The summed E-state index contributed by atoms with van der Waals surface area (Å²) in [5.41, 5.74) is 3.10. The SMILES string of the molecule is N#Cc1ccc(N2CCN(C(=O)[C@@H]3CCc4ccccc43)CC2)nc1. The highest BCUT2D eigenvalue weighted by Crippen LogP contribution is 2.34. The van der Waals surface area contributed by atoms with Crippen molar-refractivity contribution in [2.45, 2.75) is 18.8 Å². The van der Waals surface area contributed by atoms with E-state index < -0.39 is 0 Å². The van der Waals surface area contributed by atoms with Crippen LogP contribution in [0.25, 0.3) is 0 Å². The smallest absolute Gasteiger partial charge is 0.230 e. The van der Waals surface area contributed by atoms with E-state index >= 15 is 0 Å². The summed E-state index contributed by atoms with van der Waals surface area (Å²) >= 11 is 0. The highest BCUT2D eigenvalue weighted by Gasteiger charge is 2.33. The van der Waals surface area contributed by atoms with Gasteiger partial charge in [0.25, 0.3) is 0 Å². The standard InChI is InChI=1S/C20H20N4O/c21-13-15-5-8-19(22-14-15)23-9-11-24(12-10-23)20(25)18-7-6-16-3-1-2-4-17(16)18/h1-5,8,14,18H,6-7,9-12H2/t18-/m1/s1. The fraction of sp³-hybridized carbons (Fsp3) is 0.350. The van der Waals surface area contributed by atoms with Gasteiger partial charge in [0.15, 0.2) is 0 Å². The number of nitriles is 1. The van der Waals surface area contributed by atoms with Crippen molar-refractivity contribution in [2.75, 3.05) is 31.1 Å². The maximum atomic E-state index is 12.9. The Kier molecular flexibility index (Phi) is 4.10. The van der Waals surface area contributed by atoms with E-state index in [2.05, 4.69) is 34.2 Å². The molecule has 2 aromatic rings. The average molecular weight is 332 g/mol. The first-order valence-electron chi connectivity index (χ1n) is 8.74. The molecular formula is C20H20N4O. The zero-order valence-electron chi connectivity index (χ0n) is 14.1. The average Bonchev–Trinajstić information content (AvgIpc) is 3.12. The zero-order valence-corrected chi connectivity index (χ0v) is 14.1. The second-order valence-corrected chi connectivity index (χ2v) is 6.62. The number of aryl methyl sites for hydroxylation is 1. The van der Waals surface area contributed by atoms with E-state index in [0.29, 0.717) is 5.56 Å². The van der Waals surface area contributed by atoms with Gasteiger partial charge in [-0.3, -0.25) is 4.79 Å². The topological polar surface area (TPSA) is 60.2 Å². The predicted octanol–water partition coefficient (Wildman–Crippen LogP) is 2.33. The molecule has 1 aliphatic carbocycles. The minimum absolute atomic E-state index is 0.0239. The van der Waals surface area contributed by atoms with Gasteiger partial charge in [0.1, 0.15) is 11.9 Å². The molecule has 1 amide bonds. The lowest BCUT2D eigenvalue weighted by Crippen LogP contribution is -2.50. The summed E-state index contributed by atoms with van der Waals surface area (Å²) in [6.07, 6.45) is 3.53. The van der Waals surface area contributed by atoms with Gasteiger partial charge in [-0.25, -0.2) is 4.98 Å². The molecule has 1 saturated heterocycles. The number of rotatable bonds is 2. The van der Waals surface area contributed by atoms with Crippen LogP contribution in [0.15, 0.2) is 42.6 Å². The molecule has 0 N–H and O–H groups in total. The number of carbonyl (C=O) groups excluding carboxylic acids is 1. The number of pyridine rings is 1. The monoisotopic (exact) mass is 332 g/mol. The molecule has 126 valence electrons. The summed E-state index contributed by atoms with van der Waals surface area (Å²) in [5.74, 6) is 1.16. The van der Waals surface area contributed by atoms with Gasteiger partial charge in [-0.05, 0) is 36.1 Å². The van der Waals surface area contributed by atoms with Crippen molar-refractivity contribution in [1.82, 2.24) is 9.88 Å². The molecule has 0 saturated carbocycles. The number of benzene rings is 1. The molecule has 1 fully saturated rings. The lowest BCUT2D eigenvalue weighted by atomic mass is 9.99. The van der Waals surface area contributed by atoms with Crippen molar-refractivity contribution < 1.29 is 4.79 Å². The third-order valence-electron chi connectivity index (χ3n) is 5.22. The van der Waals surface area contributed by atoms with Crippen LogP contribution in [-0.4, -0.2) is 42.0 Å². The van der Waals surface area contributed by atoms with Gasteiger partial charge in [-0.15, -0.1) is 0 Å². The second-order valence-electron chi connectivity index (χ2n) is 6.62. The molecule has 5 heteroatoms. The quantitative estimate of drug-likeness (QED) is 0.847. The van der Waals surface area contributed by atoms with Gasteiger partial charge in [0.2, 0.25) is 5.91 Å². The van der Waals surface area contributed by atoms with E-state index in [-0.39, 0.29) is 11.8 Å². The molecule has 0 bridgehead atoms. The van der Waals surface area contributed by atoms with Crippen molar-refractivity contribution in [3.8, 4) is 6.07 Å².